The molecule has 0 bridgehead atoms. The highest BCUT2D eigenvalue weighted by molar-refractivity contribution is 6.37. The minimum absolute atomic E-state index is 0.230. The summed E-state index contributed by atoms with van der Waals surface area (Å²) in [6.45, 7) is 0. The van der Waals surface area contributed by atoms with Crippen LogP contribution in [0, 0.1) is 0 Å². The number of allylic oxidation sites excluding steroid dienone is 1. The van der Waals surface area contributed by atoms with E-state index in [-0.39, 0.29) is 5.78 Å². The molecule has 3 aromatic carbocycles. The molecule has 0 aliphatic carbocycles. The van der Waals surface area contributed by atoms with Crippen LogP contribution in [0.4, 0.5) is 0 Å². The Labute approximate surface area is 178 Å². The van der Waals surface area contributed by atoms with Crippen molar-refractivity contribution in [3.8, 4) is 11.5 Å². The summed E-state index contributed by atoms with van der Waals surface area (Å²) in [4.78, 5) is 24.6. The third kappa shape index (κ3) is 5.25. The van der Waals surface area contributed by atoms with Crippen LogP contribution in [0.25, 0.3) is 6.08 Å². The lowest BCUT2D eigenvalue weighted by atomic mass is 10.1. The van der Waals surface area contributed by atoms with E-state index < -0.39 is 5.97 Å². The zero-order valence-electron chi connectivity index (χ0n) is 15.4. The van der Waals surface area contributed by atoms with Crippen molar-refractivity contribution in [3.63, 3.8) is 0 Å². The molecule has 4 nitrogen and oxygen atoms in total. The Morgan fingerprint density at radius 3 is 2.14 bits per heavy atom. The molecule has 29 heavy (non-hydrogen) atoms. The second-order valence-corrected chi connectivity index (χ2v) is 6.79. The van der Waals surface area contributed by atoms with Crippen LogP contribution in [0.2, 0.25) is 10.0 Å². The van der Waals surface area contributed by atoms with Gasteiger partial charge in [0.15, 0.2) is 5.78 Å². The number of rotatable bonds is 6. The molecule has 0 saturated heterocycles. The Balaban J connectivity index is 1.68. The predicted molar refractivity (Wildman–Crippen MR) is 114 cm³/mol. The number of hydrogen-bond acceptors (Lipinski definition) is 4. The van der Waals surface area contributed by atoms with Crippen LogP contribution in [0.5, 0.6) is 11.5 Å². The highest BCUT2D eigenvalue weighted by Gasteiger charge is 2.10. The van der Waals surface area contributed by atoms with Crippen LogP contribution < -0.4 is 9.47 Å². The van der Waals surface area contributed by atoms with Gasteiger partial charge in [-0.05, 0) is 66.7 Å². The normalized spacial score (nSPS) is 10.7. The first kappa shape index (κ1) is 20.6. The quantitative estimate of drug-likeness (QED) is 0.206. The summed E-state index contributed by atoms with van der Waals surface area (Å²) >= 11 is 12.2. The average molecular weight is 427 g/mol. The first-order chi connectivity index (χ1) is 14.0. The summed E-state index contributed by atoms with van der Waals surface area (Å²) in [5.41, 5.74) is 1.38. The zero-order chi connectivity index (χ0) is 20.8. The summed E-state index contributed by atoms with van der Waals surface area (Å²) in [6, 6.07) is 18.1. The Kier molecular flexibility index (Phi) is 6.70. The molecule has 0 N–H and O–H groups in total. The molecule has 0 atom stereocenters. The van der Waals surface area contributed by atoms with E-state index in [2.05, 4.69) is 0 Å². The number of carbonyl (C=O) groups is 2. The van der Waals surface area contributed by atoms with Crippen molar-refractivity contribution in [1.29, 1.82) is 0 Å². The maximum absolute atomic E-state index is 12.4. The van der Waals surface area contributed by atoms with Crippen LogP contribution >= 0.6 is 23.2 Å². The number of ketones is 1. The maximum atomic E-state index is 12.4. The van der Waals surface area contributed by atoms with Gasteiger partial charge < -0.3 is 9.47 Å². The minimum atomic E-state index is -0.517. The molecule has 0 aliphatic heterocycles. The Hall–Kier alpha value is -3.08. The fraction of sp³-hybridized carbons (Fsp3) is 0.0435. The highest BCUT2D eigenvalue weighted by atomic mass is 35.5. The molecular weight excluding hydrogens is 411 g/mol. The fourth-order valence-electron chi connectivity index (χ4n) is 2.53. The van der Waals surface area contributed by atoms with Crippen molar-refractivity contribution in [2.75, 3.05) is 7.11 Å². The zero-order valence-corrected chi connectivity index (χ0v) is 16.9. The van der Waals surface area contributed by atoms with E-state index in [0.717, 1.165) is 0 Å². The topological polar surface area (TPSA) is 52.6 Å². The second kappa shape index (κ2) is 9.41. The van der Waals surface area contributed by atoms with E-state index in [1.54, 1.807) is 72.8 Å². The molecule has 0 fully saturated rings. The van der Waals surface area contributed by atoms with E-state index in [0.29, 0.717) is 38.2 Å². The van der Waals surface area contributed by atoms with Crippen molar-refractivity contribution in [3.05, 3.63) is 99.5 Å². The van der Waals surface area contributed by atoms with E-state index in [9.17, 15) is 9.59 Å². The summed E-state index contributed by atoms with van der Waals surface area (Å²) in [5, 5.41) is 0.919. The minimum Gasteiger partial charge on any atom is -0.497 e. The number of ether oxygens (including phenoxy) is 2. The van der Waals surface area contributed by atoms with Gasteiger partial charge in [-0.2, -0.15) is 0 Å². The van der Waals surface area contributed by atoms with Gasteiger partial charge in [-0.1, -0.05) is 35.3 Å². The van der Waals surface area contributed by atoms with Crippen LogP contribution in [-0.4, -0.2) is 18.9 Å². The van der Waals surface area contributed by atoms with Crippen molar-refractivity contribution in [2.24, 2.45) is 0 Å². The summed E-state index contributed by atoms with van der Waals surface area (Å²) in [5.74, 6) is 0.140. The smallest absolute Gasteiger partial charge is 0.343 e. The first-order valence-corrected chi connectivity index (χ1v) is 9.36. The molecule has 0 heterocycles. The van der Waals surface area contributed by atoms with E-state index >= 15 is 0 Å². The number of halogens is 2. The monoisotopic (exact) mass is 426 g/mol. The van der Waals surface area contributed by atoms with Gasteiger partial charge in [-0.3, -0.25) is 4.79 Å². The fourth-order valence-corrected chi connectivity index (χ4v) is 3.05. The van der Waals surface area contributed by atoms with Crippen LogP contribution in [0.15, 0.2) is 72.8 Å². The van der Waals surface area contributed by atoms with E-state index in [4.69, 9.17) is 32.7 Å². The largest absolute Gasteiger partial charge is 0.497 e. The SMILES string of the molecule is COc1cccc(C(=O)Oc2ccc(C(=O)/C=C/c3c(Cl)cccc3Cl)cc2)c1. The molecular formula is C23H16Cl2O4. The lowest BCUT2D eigenvalue weighted by Gasteiger charge is -2.06. The van der Waals surface area contributed by atoms with Crippen molar-refractivity contribution in [1.82, 2.24) is 0 Å². The predicted octanol–water partition coefficient (Wildman–Crippen LogP) is 6.12. The summed E-state index contributed by atoms with van der Waals surface area (Å²) in [6.07, 6.45) is 2.97. The number of carbonyl (C=O) groups excluding carboxylic acids is 2. The average Bonchev–Trinajstić information content (AvgIpc) is 2.73. The number of esters is 1. The van der Waals surface area contributed by atoms with Crippen molar-refractivity contribution in [2.45, 2.75) is 0 Å². The molecule has 0 unspecified atom stereocenters. The number of methoxy groups -OCH3 is 1. The molecule has 6 heteroatoms. The molecule has 0 radical (unpaired) electrons. The van der Waals surface area contributed by atoms with Crippen LogP contribution in [0.3, 0.4) is 0 Å². The first-order valence-electron chi connectivity index (χ1n) is 8.60. The number of hydrogen-bond donors (Lipinski definition) is 0. The molecule has 0 aromatic heterocycles. The van der Waals surface area contributed by atoms with E-state index in [1.807, 2.05) is 0 Å². The van der Waals surface area contributed by atoms with Gasteiger partial charge in [-0.15, -0.1) is 0 Å². The Morgan fingerprint density at radius 2 is 1.48 bits per heavy atom. The molecule has 0 spiro atoms. The lowest BCUT2D eigenvalue weighted by Crippen LogP contribution is -2.08. The van der Waals surface area contributed by atoms with Crippen LogP contribution in [-0.2, 0) is 0 Å². The molecule has 0 amide bonds. The third-order valence-corrected chi connectivity index (χ3v) is 4.72. The van der Waals surface area contributed by atoms with Gasteiger partial charge in [0.2, 0.25) is 0 Å². The highest BCUT2D eigenvalue weighted by Crippen LogP contribution is 2.26. The van der Waals surface area contributed by atoms with Crippen LogP contribution in [0.1, 0.15) is 26.3 Å². The number of benzene rings is 3. The van der Waals surface area contributed by atoms with E-state index in [1.165, 1.54) is 13.2 Å². The Morgan fingerprint density at radius 1 is 0.828 bits per heavy atom. The molecule has 146 valence electrons. The lowest BCUT2D eigenvalue weighted by molar-refractivity contribution is 0.0734. The Bertz CT molecular complexity index is 1050. The molecule has 0 aliphatic rings. The van der Waals surface area contributed by atoms with Gasteiger partial charge in [0.05, 0.1) is 12.7 Å². The summed E-state index contributed by atoms with van der Waals surface area (Å²) in [7, 11) is 1.52. The molecule has 0 saturated carbocycles. The van der Waals surface area contributed by atoms with Crippen molar-refractivity contribution >= 4 is 41.0 Å². The van der Waals surface area contributed by atoms with Gasteiger partial charge >= 0.3 is 5.97 Å². The van der Waals surface area contributed by atoms with Gasteiger partial charge in [0, 0.05) is 21.2 Å². The van der Waals surface area contributed by atoms with Gasteiger partial charge in [-0.25, -0.2) is 4.79 Å². The van der Waals surface area contributed by atoms with Crippen molar-refractivity contribution < 1.29 is 19.1 Å². The standard InChI is InChI=1S/C23H16Cl2O4/c1-28-18-5-2-4-16(14-18)23(27)29-17-10-8-15(9-11-17)22(26)13-12-19-20(24)6-3-7-21(19)25/h2-14H,1H3/b13-12+. The van der Waals surface area contributed by atoms with Gasteiger partial charge in [0.1, 0.15) is 11.5 Å². The van der Waals surface area contributed by atoms with Gasteiger partial charge in [0.25, 0.3) is 0 Å². The summed E-state index contributed by atoms with van der Waals surface area (Å²) < 4.78 is 10.4. The maximum Gasteiger partial charge on any atom is 0.343 e. The third-order valence-electron chi connectivity index (χ3n) is 4.06. The molecule has 3 rings (SSSR count). The second-order valence-electron chi connectivity index (χ2n) is 5.98. The molecule has 3 aromatic rings.